The summed E-state index contributed by atoms with van der Waals surface area (Å²) in [5, 5.41) is 26.6. The Hall–Kier alpha value is -1.38. The molecule has 0 atom stereocenters. The Labute approximate surface area is 94.9 Å². The molecule has 0 spiro atoms. The minimum Gasteiger partial charge on any atom is -0.481 e. The smallest absolute Gasteiger partial charge is 0.307 e. The molecule has 5 heteroatoms. The Morgan fingerprint density at radius 3 is 2.67 bits per heavy atom. The van der Waals surface area contributed by atoms with Gasteiger partial charge in [-0.15, -0.1) is 0 Å². The third kappa shape index (κ3) is 2.78. The number of carboxylic acids is 1. The Morgan fingerprint density at radius 2 is 2.20 bits per heavy atom. The number of carboxylic acid groups (broad SMARTS) is 1. The van der Waals surface area contributed by atoms with Crippen molar-refractivity contribution in [2.24, 2.45) is 0 Å². The van der Waals surface area contributed by atoms with E-state index in [1.807, 2.05) is 6.07 Å². The maximum Gasteiger partial charge on any atom is 0.307 e. The summed E-state index contributed by atoms with van der Waals surface area (Å²) in [4.78, 5) is 10.6. The zero-order valence-corrected chi connectivity index (χ0v) is 9.28. The molecule has 0 saturated carbocycles. The number of aliphatic hydroxyl groups excluding tert-OH is 1. The maximum absolute atomic E-state index is 10.6. The molecule has 0 radical (unpaired) electrons. The largest absolute Gasteiger partial charge is 0.481 e. The molecular weight excluding hydrogens is 262 g/mol. The number of halogens is 1. The van der Waals surface area contributed by atoms with Crippen LogP contribution >= 0.6 is 15.9 Å². The van der Waals surface area contributed by atoms with Crippen molar-refractivity contribution in [3.8, 4) is 6.07 Å². The lowest BCUT2D eigenvalue weighted by Gasteiger charge is -2.08. The predicted octanol–water partition coefficient (Wildman–Crippen LogP) is 1.44. The zero-order valence-electron chi connectivity index (χ0n) is 7.70. The molecule has 0 aromatic heterocycles. The van der Waals surface area contributed by atoms with Crippen LogP contribution in [0.2, 0.25) is 0 Å². The summed E-state index contributed by atoms with van der Waals surface area (Å²) in [5.74, 6) is -1.02. The minimum absolute atomic E-state index is 0.258. The monoisotopic (exact) mass is 269 g/mol. The number of hydrogen-bond donors (Lipinski definition) is 2. The lowest BCUT2D eigenvalue weighted by Crippen LogP contribution is -2.06. The highest BCUT2D eigenvalue weighted by Gasteiger charge is 2.12. The Kier molecular flexibility index (Phi) is 3.83. The number of nitrogens with zero attached hydrogens (tertiary/aromatic N) is 1. The van der Waals surface area contributed by atoms with Gasteiger partial charge in [0.2, 0.25) is 0 Å². The summed E-state index contributed by atoms with van der Waals surface area (Å²) in [7, 11) is 0. The summed E-state index contributed by atoms with van der Waals surface area (Å²) < 4.78 is 0.650. The van der Waals surface area contributed by atoms with Crippen molar-refractivity contribution in [3.63, 3.8) is 0 Å². The van der Waals surface area contributed by atoms with Gasteiger partial charge in [-0.3, -0.25) is 4.79 Å². The second-order valence-corrected chi connectivity index (χ2v) is 3.85. The molecule has 78 valence electrons. The van der Waals surface area contributed by atoms with Gasteiger partial charge in [0.1, 0.15) is 0 Å². The summed E-state index contributed by atoms with van der Waals surface area (Å²) in [6.07, 6.45) is -0.258. The van der Waals surface area contributed by atoms with E-state index in [0.29, 0.717) is 15.6 Å². The molecule has 0 aliphatic carbocycles. The van der Waals surface area contributed by atoms with Crippen LogP contribution in [0.3, 0.4) is 0 Å². The Balaban J connectivity index is 3.31. The molecule has 1 aromatic rings. The van der Waals surface area contributed by atoms with Gasteiger partial charge in [-0.25, -0.2) is 0 Å². The fourth-order valence-electron chi connectivity index (χ4n) is 1.29. The van der Waals surface area contributed by atoms with E-state index in [-0.39, 0.29) is 18.6 Å². The van der Waals surface area contributed by atoms with E-state index in [1.54, 1.807) is 6.07 Å². The first-order chi connectivity index (χ1) is 7.08. The fraction of sp³-hybridized carbons (Fsp3) is 0.200. The second kappa shape index (κ2) is 4.91. The highest BCUT2D eigenvalue weighted by molar-refractivity contribution is 9.10. The van der Waals surface area contributed by atoms with Crippen LogP contribution in [0.25, 0.3) is 0 Å². The summed E-state index contributed by atoms with van der Waals surface area (Å²) in [6, 6.07) is 5.06. The average molecular weight is 270 g/mol. The van der Waals surface area contributed by atoms with Crippen LogP contribution in [0.4, 0.5) is 0 Å². The van der Waals surface area contributed by atoms with Crippen molar-refractivity contribution < 1.29 is 15.0 Å². The molecule has 0 aliphatic heterocycles. The van der Waals surface area contributed by atoms with E-state index in [0.717, 1.165) is 0 Å². The number of aliphatic carboxylic acids is 1. The van der Waals surface area contributed by atoms with Gasteiger partial charge in [-0.1, -0.05) is 15.9 Å². The predicted molar refractivity (Wildman–Crippen MR) is 56.1 cm³/mol. The van der Waals surface area contributed by atoms with Crippen molar-refractivity contribution in [3.05, 3.63) is 33.3 Å². The zero-order chi connectivity index (χ0) is 11.4. The van der Waals surface area contributed by atoms with Crippen LogP contribution < -0.4 is 0 Å². The Morgan fingerprint density at radius 1 is 1.53 bits per heavy atom. The first kappa shape index (κ1) is 11.7. The molecule has 0 amide bonds. The lowest BCUT2D eigenvalue weighted by atomic mass is 9.99. The van der Waals surface area contributed by atoms with Crippen molar-refractivity contribution >= 4 is 21.9 Å². The minimum atomic E-state index is -1.02. The molecule has 4 nitrogen and oxygen atoms in total. The molecule has 0 saturated heterocycles. The van der Waals surface area contributed by atoms with Crippen LogP contribution in [0.1, 0.15) is 16.7 Å². The fourth-order valence-corrected chi connectivity index (χ4v) is 1.80. The van der Waals surface area contributed by atoms with E-state index in [1.165, 1.54) is 6.07 Å². The standard InChI is InChI=1S/C10H8BrNO3/c11-8-1-6(4-12)9(3-10(14)15)7(2-8)5-13/h1-2,13H,3,5H2,(H,14,15). The second-order valence-electron chi connectivity index (χ2n) is 2.93. The number of carbonyl (C=O) groups is 1. The normalized spacial score (nSPS) is 9.67. The van der Waals surface area contributed by atoms with Crippen LogP contribution in [-0.4, -0.2) is 16.2 Å². The molecule has 1 aromatic carbocycles. The molecular formula is C10H8BrNO3. The number of rotatable bonds is 3. The van der Waals surface area contributed by atoms with Gasteiger partial charge in [-0.05, 0) is 23.3 Å². The summed E-state index contributed by atoms with van der Waals surface area (Å²) >= 11 is 3.19. The van der Waals surface area contributed by atoms with Gasteiger partial charge in [0.25, 0.3) is 0 Å². The van der Waals surface area contributed by atoms with Crippen LogP contribution in [-0.2, 0) is 17.8 Å². The van der Waals surface area contributed by atoms with Gasteiger partial charge in [-0.2, -0.15) is 5.26 Å². The van der Waals surface area contributed by atoms with Gasteiger partial charge in [0.15, 0.2) is 0 Å². The number of nitriles is 1. The van der Waals surface area contributed by atoms with Gasteiger partial charge in [0, 0.05) is 4.47 Å². The molecule has 0 aliphatic rings. The van der Waals surface area contributed by atoms with Crippen LogP contribution in [0.15, 0.2) is 16.6 Å². The number of benzene rings is 1. The molecule has 0 heterocycles. The van der Waals surface area contributed by atoms with Gasteiger partial charge < -0.3 is 10.2 Å². The van der Waals surface area contributed by atoms with Crippen molar-refractivity contribution in [2.75, 3.05) is 0 Å². The molecule has 0 bridgehead atoms. The lowest BCUT2D eigenvalue weighted by molar-refractivity contribution is -0.136. The van der Waals surface area contributed by atoms with E-state index in [9.17, 15) is 4.79 Å². The topological polar surface area (TPSA) is 81.3 Å². The molecule has 2 N–H and O–H groups in total. The van der Waals surface area contributed by atoms with E-state index in [2.05, 4.69) is 15.9 Å². The summed E-state index contributed by atoms with van der Waals surface area (Å²) in [5.41, 5.74) is 1.11. The first-order valence-corrected chi connectivity index (χ1v) is 4.91. The van der Waals surface area contributed by atoms with Crippen LogP contribution in [0.5, 0.6) is 0 Å². The SMILES string of the molecule is N#Cc1cc(Br)cc(CO)c1CC(=O)O. The molecule has 1 rings (SSSR count). The third-order valence-corrected chi connectivity index (χ3v) is 2.38. The first-order valence-electron chi connectivity index (χ1n) is 4.12. The molecule has 0 unspecified atom stereocenters. The number of aliphatic hydroxyl groups is 1. The van der Waals surface area contributed by atoms with E-state index >= 15 is 0 Å². The highest BCUT2D eigenvalue weighted by Crippen LogP contribution is 2.22. The van der Waals surface area contributed by atoms with E-state index < -0.39 is 5.97 Å². The highest BCUT2D eigenvalue weighted by atomic mass is 79.9. The number of hydrogen-bond acceptors (Lipinski definition) is 3. The van der Waals surface area contributed by atoms with Crippen LogP contribution in [0, 0.1) is 11.3 Å². The maximum atomic E-state index is 10.6. The van der Waals surface area contributed by atoms with Gasteiger partial charge >= 0.3 is 5.97 Å². The Bertz CT molecular complexity index is 437. The van der Waals surface area contributed by atoms with Crippen molar-refractivity contribution in [1.82, 2.24) is 0 Å². The quantitative estimate of drug-likeness (QED) is 0.870. The van der Waals surface area contributed by atoms with Crippen molar-refractivity contribution in [1.29, 1.82) is 5.26 Å². The molecule has 15 heavy (non-hydrogen) atoms. The summed E-state index contributed by atoms with van der Waals surface area (Å²) in [6.45, 7) is -0.281. The van der Waals surface area contributed by atoms with Gasteiger partial charge in [0.05, 0.1) is 24.7 Å². The van der Waals surface area contributed by atoms with E-state index in [4.69, 9.17) is 15.5 Å². The van der Waals surface area contributed by atoms with Crippen molar-refractivity contribution in [2.45, 2.75) is 13.0 Å². The third-order valence-electron chi connectivity index (χ3n) is 1.93. The average Bonchev–Trinajstić information content (AvgIpc) is 2.19. The molecule has 0 fully saturated rings.